The molecule has 0 unspecified atom stereocenters. The normalized spacial score (nSPS) is 22.7. The lowest BCUT2D eigenvalue weighted by atomic mass is 9.94. The van der Waals surface area contributed by atoms with Gasteiger partial charge in [0.2, 0.25) is 0 Å². The van der Waals surface area contributed by atoms with E-state index in [1.165, 1.54) is 49.0 Å². The summed E-state index contributed by atoms with van der Waals surface area (Å²) < 4.78 is 0. The Morgan fingerprint density at radius 2 is 1.72 bits per heavy atom. The van der Waals surface area contributed by atoms with E-state index in [1.807, 2.05) is 0 Å². The van der Waals surface area contributed by atoms with E-state index in [2.05, 4.69) is 42.3 Å². The standard InChI is InChI=1S/C16H24N2/c1-13-9-14(2)11-15(10-13)18-8-7-17-16(12-18)5-3-4-6-16/h9-11,17H,3-8,12H2,1-2H3. The number of piperazine rings is 1. The van der Waals surface area contributed by atoms with Gasteiger partial charge in [0.05, 0.1) is 0 Å². The van der Waals surface area contributed by atoms with Gasteiger partial charge in [-0.2, -0.15) is 0 Å². The maximum absolute atomic E-state index is 3.78. The molecule has 2 aliphatic rings. The summed E-state index contributed by atoms with van der Waals surface area (Å²) in [6.07, 6.45) is 5.50. The molecule has 2 fully saturated rings. The molecule has 1 saturated heterocycles. The van der Waals surface area contributed by atoms with Gasteiger partial charge >= 0.3 is 0 Å². The molecule has 0 bridgehead atoms. The molecule has 1 saturated carbocycles. The van der Waals surface area contributed by atoms with Gasteiger partial charge < -0.3 is 10.2 Å². The maximum Gasteiger partial charge on any atom is 0.0372 e. The Morgan fingerprint density at radius 3 is 2.39 bits per heavy atom. The second kappa shape index (κ2) is 4.58. The molecule has 1 aliphatic carbocycles. The first-order chi connectivity index (χ1) is 8.67. The van der Waals surface area contributed by atoms with Crippen LogP contribution in [0.5, 0.6) is 0 Å². The van der Waals surface area contributed by atoms with Crippen molar-refractivity contribution in [1.82, 2.24) is 5.32 Å². The summed E-state index contributed by atoms with van der Waals surface area (Å²) in [5.41, 5.74) is 4.59. The summed E-state index contributed by atoms with van der Waals surface area (Å²) in [5, 5.41) is 3.78. The Morgan fingerprint density at radius 1 is 1.06 bits per heavy atom. The minimum Gasteiger partial charge on any atom is -0.368 e. The Hall–Kier alpha value is -1.02. The summed E-state index contributed by atoms with van der Waals surface area (Å²) in [6, 6.07) is 6.93. The van der Waals surface area contributed by atoms with Gasteiger partial charge in [-0.25, -0.2) is 0 Å². The van der Waals surface area contributed by atoms with Crippen LogP contribution in [0.2, 0.25) is 0 Å². The molecule has 2 heteroatoms. The van der Waals surface area contributed by atoms with Crippen LogP contribution in [0.25, 0.3) is 0 Å². The number of aryl methyl sites for hydroxylation is 2. The summed E-state index contributed by atoms with van der Waals surface area (Å²) in [7, 11) is 0. The van der Waals surface area contributed by atoms with Gasteiger partial charge in [0.1, 0.15) is 0 Å². The van der Waals surface area contributed by atoms with E-state index in [0.717, 1.165) is 13.1 Å². The first-order valence-corrected chi connectivity index (χ1v) is 7.25. The van der Waals surface area contributed by atoms with Crippen molar-refractivity contribution in [3.8, 4) is 0 Å². The maximum atomic E-state index is 3.78. The quantitative estimate of drug-likeness (QED) is 0.817. The molecule has 1 N–H and O–H groups in total. The Kier molecular flexibility index (Phi) is 3.06. The second-order valence-electron chi connectivity index (χ2n) is 6.18. The molecular formula is C16H24N2. The molecular weight excluding hydrogens is 220 g/mol. The summed E-state index contributed by atoms with van der Waals surface area (Å²) >= 11 is 0. The molecule has 3 rings (SSSR count). The van der Waals surface area contributed by atoms with Crippen molar-refractivity contribution in [2.75, 3.05) is 24.5 Å². The molecule has 0 atom stereocenters. The number of nitrogens with zero attached hydrogens (tertiary/aromatic N) is 1. The summed E-state index contributed by atoms with van der Waals surface area (Å²) in [6.45, 7) is 7.86. The zero-order chi connectivity index (χ0) is 12.6. The number of hydrogen-bond donors (Lipinski definition) is 1. The van der Waals surface area contributed by atoms with E-state index in [1.54, 1.807) is 0 Å². The van der Waals surface area contributed by atoms with Crippen LogP contribution in [0.4, 0.5) is 5.69 Å². The SMILES string of the molecule is Cc1cc(C)cc(N2CCNC3(CCCC3)C2)c1. The molecule has 1 aromatic carbocycles. The van der Waals surface area contributed by atoms with Gasteiger partial charge in [0, 0.05) is 30.9 Å². The molecule has 1 heterocycles. The van der Waals surface area contributed by atoms with E-state index < -0.39 is 0 Å². The first-order valence-electron chi connectivity index (χ1n) is 7.25. The van der Waals surface area contributed by atoms with Crippen molar-refractivity contribution in [2.45, 2.75) is 45.1 Å². The lowest BCUT2D eigenvalue weighted by Crippen LogP contribution is -2.59. The molecule has 0 radical (unpaired) electrons. The van der Waals surface area contributed by atoms with Crippen LogP contribution < -0.4 is 10.2 Å². The minimum atomic E-state index is 0.413. The number of anilines is 1. The second-order valence-corrected chi connectivity index (χ2v) is 6.18. The van der Waals surface area contributed by atoms with Crippen LogP contribution in [-0.2, 0) is 0 Å². The zero-order valence-corrected chi connectivity index (χ0v) is 11.6. The molecule has 98 valence electrons. The van der Waals surface area contributed by atoms with Crippen molar-refractivity contribution in [3.63, 3.8) is 0 Å². The Bertz CT molecular complexity index is 412. The lowest BCUT2D eigenvalue weighted by Gasteiger charge is -2.43. The van der Waals surface area contributed by atoms with Crippen molar-refractivity contribution in [2.24, 2.45) is 0 Å². The van der Waals surface area contributed by atoms with Crippen LogP contribution in [0, 0.1) is 13.8 Å². The highest BCUT2D eigenvalue weighted by molar-refractivity contribution is 5.52. The van der Waals surface area contributed by atoms with E-state index in [4.69, 9.17) is 0 Å². The summed E-state index contributed by atoms with van der Waals surface area (Å²) in [4.78, 5) is 2.59. The van der Waals surface area contributed by atoms with Crippen LogP contribution in [0.3, 0.4) is 0 Å². The predicted molar refractivity (Wildman–Crippen MR) is 77.3 cm³/mol. The molecule has 0 amide bonds. The molecule has 1 aromatic rings. The average Bonchev–Trinajstić information content (AvgIpc) is 2.76. The van der Waals surface area contributed by atoms with E-state index in [-0.39, 0.29) is 0 Å². The molecule has 0 aromatic heterocycles. The topological polar surface area (TPSA) is 15.3 Å². The van der Waals surface area contributed by atoms with Crippen LogP contribution in [-0.4, -0.2) is 25.2 Å². The number of nitrogens with one attached hydrogen (secondary N) is 1. The van der Waals surface area contributed by atoms with Crippen LogP contribution in [0.1, 0.15) is 36.8 Å². The third kappa shape index (κ3) is 2.26. The number of benzene rings is 1. The molecule has 18 heavy (non-hydrogen) atoms. The summed E-state index contributed by atoms with van der Waals surface area (Å²) in [5.74, 6) is 0. The van der Waals surface area contributed by atoms with Crippen LogP contribution >= 0.6 is 0 Å². The van der Waals surface area contributed by atoms with Gasteiger partial charge in [-0.05, 0) is 49.9 Å². The van der Waals surface area contributed by atoms with E-state index in [9.17, 15) is 0 Å². The molecule has 1 spiro atoms. The zero-order valence-electron chi connectivity index (χ0n) is 11.6. The third-order valence-electron chi connectivity index (χ3n) is 4.51. The van der Waals surface area contributed by atoms with E-state index >= 15 is 0 Å². The fraction of sp³-hybridized carbons (Fsp3) is 0.625. The van der Waals surface area contributed by atoms with Crippen molar-refractivity contribution in [1.29, 1.82) is 0 Å². The Labute approximate surface area is 110 Å². The monoisotopic (exact) mass is 244 g/mol. The van der Waals surface area contributed by atoms with Gasteiger partial charge in [0.15, 0.2) is 0 Å². The average molecular weight is 244 g/mol. The largest absolute Gasteiger partial charge is 0.368 e. The van der Waals surface area contributed by atoms with Crippen LogP contribution in [0.15, 0.2) is 18.2 Å². The smallest absolute Gasteiger partial charge is 0.0372 e. The fourth-order valence-corrected chi connectivity index (χ4v) is 3.70. The predicted octanol–water partition coefficient (Wildman–Crippen LogP) is 3.03. The highest BCUT2D eigenvalue weighted by Crippen LogP contribution is 2.33. The van der Waals surface area contributed by atoms with E-state index in [0.29, 0.717) is 5.54 Å². The fourth-order valence-electron chi connectivity index (χ4n) is 3.70. The molecule has 2 nitrogen and oxygen atoms in total. The molecule has 1 aliphatic heterocycles. The number of hydrogen-bond acceptors (Lipinski definition) is 2. The third-order valence-corrected chi connectivity index (χ3v) is 4.51. The van der Waals surface area contributed by atoms with Gasteiger partial charge in [-0.3, -0.25) is 0 Å². The Balaban J connectivity index is 1.83. The van der Waals surface area contributed by atoms with Gasteiger partial charge in [0.25, 0.3) is 0 Å². The minimum absolute atomic E-state index is 0.413. The van der Waals surface area contributed by atoms with Crippen molar-refractivity contribution in [3.05, 3.63) is 29.3 Å². The lowest BCUT2D eigenvalue weighted by molar-refractivity contribution is 0.304. The number of rotatable bonds is 1. The highest BCUT2D eigenvalue weighted by Gasteiger charge is 2.37. The first kappa shape index (κ1) is 12.0. The van der Waals surface area contributed by atoms with Crippen molar-refractivity contribution >= 4 is 5.69 Å². The highest BCUT2D eigenvalue weighted by atomic mass is 15.2. The van der Waals surface area contributed by atoms with Gasteiger partial charge in [-0.1, -0.05) is 18.9 Å². The van der Waals surface area contributed by atoms with Crippen molar-refractivity contribution < 1.29 is 0 Å². The van der Waals surface area contributed by atoms with Gasteiger partial charge in [-0.15, -0.1) is 0 Å².